The number of Topliss-reactive ketones (excluding diaryl/α,β-unsaturated/α-hetero) is 2. The summed E-state index contributed by atoms with van der Waals surface area (Å²) in [4.78, 5) is 49.2. The number of esters is 1. The smallest absolute Gasteiger partial charge is 0.333 e. The minimum absolute atomic E-state index is 0.00582. The number of ether oxygens (including phenoxy) is 8. The van der Waals surface area contributed by atoms with Crippen LogP contribution in [-0.2, 0) is 39.7 Å². The van der Waals surface area contributed by atoms with E-state index in [2.05, 4.69) is 16.2 Å². The minimum atomic E-state index is -1.79. The number of rotatable bonds is 11. The van der Waals surface area contributed by atoms with Crippen LogP contribution in [0.15, 0.2) is 47.4 Å². The Hall–Kier alpha value is -4.91. The topological polar surface area (TPSA) is 222 Å². The molecule has 17 nitrogen and oxygen atoms in total. The molecule has 3 saturated heterocycles. The van der Waals surface area contributed by atoms with Crippen LogP contribution >= 0.6 is 0 Å². The number of fused-ring (bicyclic) bond motifs is 3. The van der Waals surface area contributed by atoms with Crippen molar-refractivity contribution in [3.8, 4) is 17.2 Å². The highest BCUT2D eigenvalue weighted by Crippen LogP contribution is 2.72. The van der Waals surface area contributed by atoms with Crippen molar-refractivity contribution in [3.05, 3.63) is 64.0 Å². The van der Waals surface area contributed by atoms with Crippen LogP contribution in [-0.4, -0.2) is 115 Å². The van der Waals surface area contributed by atoms with Gasteiger partial charge in [-0.3, -0.25) is 9.59 Å². The van der Waals surface area contributed by atoms with Crippen LogP contribution in [0.5, 0.6) is 17.2 Å². The van der Waals surface area contributed by atoms with Crippen molar-refractivity contribution < 1.29 is 62.5 Å². The molecule has 1 aromatic carbocycles. The van der Waals surface area contributed by atoms with Gasteiger partial charge in [-0.1, -0.05) is 29.4 Å². The van der Waals surface area contributed by atoms with Gasteiger partial charge in [0, 0.05) is 29.4 Å². The first-order valence-electron chi connectivity index (χ1n) is 23.3. The highest BCUT2D eigenvalue weighted by atomic mass is 16.8. The second-order valence-corrected chi connectivity index (χ2v) is 20.9. The number of anilines is 1. The van der Waals surface area contributed by atoms with E-state index >= 15 is 9.59 Å². The number of allylic oxidation sites excluding steroid dienone is 4. The monoisotopic (exact) mass is 928 g/mol. The third-order valence-corrected chi connectivity index (χ3v) is 14.9. The lowest BCUT2D eigenvalue weighted by Crippen LogP contribution is -2.78. The molecule has 6 heterocycles. The summed E-state index contributed by atoms with van der Waals surface area (Å²) in [6.07, 6.45) is 6.30. The normalized spacial score (nSPS) is 36.1. The van der Waals surface area contributed by atoms with E-state index in [0.717, 1.165) is 5.57 Å². The number of ketones is 2. The Morgan fingerprint density at radius 2 is 1.73 bits per heavy atom. The average Bonchev–Trinajstić information content (AvgIpc) is 3.75. The van der Waals surface area contributed by atoms with Gasteiger partial charge in [0.25, 0.3) is 0 Å². The summed E-state index contributed by atoms with van der Waals surface area (Å²) in [5, 5.41) is 27.9. The van der Waals surface area contributed by atoms with Crippen LogP contribution in [0.4, 0.5) is 5.95 Å². The third kappa shape index (κ3) is 7.37. The number of aromatic nitrogens is 3. The number of aliphatic hydroxyl groups excluding tert-OH is 2. The maximum atomic E-state index is 16.5. The number of carbonyl (C=O) groups excluding carboxylic acids is 3. The van der Waals surface area contributed by atoms with Crippen LogP contribution in [0.3, 0.4) is 0 Å². The molecule has 3 aliphatic carbocycles. The largest absolute Gasteiger partial charge is 0.482 e. The first-order valence-corrected chi connectivity index (χ1v) is 23.3. The number of nitrogens with zero attached hydrogens (tertiary/aromatic N) is 3. The second-order valence-electron chi connectivity index (χ2n) is 20.9. The third-order valence-electron chi connectivity index (χ3n) is 14.9. The SMILES string of the molecule is COC(=O)/C(C)=C\CC12OC(C)(C)C3CC(C1=O)C(n1cnc(N)n1)C1C(=O)c4c(O[C@@H]5O[C@@H]6COC(C)(C)O[C@H]6[C@H](O)[C@H]5O)c5c(c(CC=C(C)C)c4OC132)OC(C)(CCC=C(C)C)C=C5. The number of methoxy groups -OCH3 is 1. The highest BCUT2D eigenvalue weighted by molar-refractivity contribution is 6.10. The summed E-state index contributed by atoms with van der Waals surface area (Å²) >= 11 is 0. The Morgan fingerprint density at radius 1 is 1.00 bits per heavy atom. The van der Waals surface area contributed by atoms with Gasteiger partial charge in [-0.05, 0) is 107 Å². The molecular weight excluding hydrogens is 865 g/mol. The van der Waals surface area contributed by atoms with Gasteiger partial charge in [0.2, 0.25) is 12.2 Å². The molecule has 12 atom stereocenters. The molecule has 67 heavy (non-hydrogen) atoms. The molecule has 0 radical (unpaired) electrons. The van der Waals surface area contributed by atoms with Crippen molar-refractivity contribution in [1.82, 2.24) is 14.8 Å². The number of hydrogen-bond acceptors (Lipinski definition) is 16. The molecule has 10 rings (SSSR count). The van der Waals surface area contributed by atoms with Gasteiger partial charge < -0.3 is 53.8 Å². The fourth-order valence-corrected chi connectivity index (χ4v) is 11.8. The van der Waals surface area contributed by atoms with Gasteiger partial charge in [-0.2, -0.15) is 0 Å². The van der Waals surface area contributed by atoms with Gasteiger partial charge in [-0.15, -0.1) is 5.10 Å². The Bertz CT molecular complexity index is 2510. The van der Waals surface area contributed by atoms with Crippen molar-refractivity contribution in [1.29, 1.82) is 0 Å². The van der Waals surface area contributed by atoms with E-state index in [1.54, 1.807) is 26.8 Å². The number of benzene rings is 1. The van der Waals surface area contributed by atoms with Gasteiger partial charge in [-0.25, -0.2) is 14.5 Å². The maximum Gasteiger partial charge on any atom is 0.333 e. The van der Waals surface area contributed by atoms with E-state index in [1.807, 2.05) is 66.7 Å². The van der Waals surface area contributed by atoms with Crippen molar-refractivity contribution in [2.75, 3.05) is 19.5 Å². The van der Waals surface area contributed by atoms with E-state index in [0.29, 0.717) is 29.7 Å². The number of aliphatic hydroxyl groups is 2. The predicted octanol–water partition coefficient (Wildman–Crippen LogP) is 5.70. The lowest BCUT2D eigenvalue weighted by Gasteiger charge is -2.62. The van der Waals surface area contributed by atoms with Crippen LogP contribution in [0.2, 0.25) is 0 Å². The number of hydrogen-bond donors (Lipinski definition) is 3. The average molecular weight is 929 g/mol. The summed E-state index contributed by atoms with van der Waals surface area (Å²) in [6.45, 7) is 18.9. The standard InChI is InChI=1S/C50H64N4O13/c1-24(2)13-12-18-48(10)19-17-28-38(65-48)27(15-14-25(3)4)40-32(39(28)63-44-37(57)36(56)41-30(62-44)22-61-47(8,9)64-41)35(55)33-34(54-23-52-45(51)53-54)29-21-31-46(6,7)67-49(42(29)58,50(31,33)66-40)20-16-26(5)43(59)60-11/h13-14,16-17,19,23,29-31,33-34,36-37,41,44,56-57H,12,15,18,20-22H2,1-11H3,(H2,51,53)/b26-16-/t29?,30-,31?,33?,34?,36-,37-,41-,44+,48?,49?,50?/m1/s1. The van der Waals surface area contributed by atoms with Gasteiger partial charge in [0.15, 0.2) is 28.6 Å². The fourth-order valence-electron chi connectivity index (χ4n) is 11.8. The maximum absolute atomic E-state index is 16.5. The van der Waals surface area contributed by atoms with E-state index < -0.39 is 94.4 Å². The Balaban J connectivity index is 1.30. The minimum Gasteiger partial charge on any atom is -0.482 e. The first-order chi connectivity index (χ1) is 31.5. The molecule has 2 aromatic rings. The van der Waals surface area contributed by atoms with Crippen molar-refractivity contribution in [3.63, 3.8) is 0 Å². The van der Waals surface area contributed by atoms with Gasteiger partial charge >= 0.3 is 5.97 Å². The molecule has 5 aliphatic heterocycles. The van der Waals surface area contributed by atoms with E-state index in [4.69, 9.17) is 43.6 Å². The summed E-state index contributed by atoms with van der Waals surface area (Å²) < 4.78 is 53.6. The van der Waals surface area contributed by atoms with Crippen LogP contribution < -0.4 is 19.9 Å². The zero-order valence-electron chi connectivity index (χ0n) is 40.2. The Labute approximate surface area is 390 Å². The van der Waals surface area contributed by atoms with E-state index in [9.17, 15) is 15.0 Å². The molecule has 4 N–H and O–H groups in total. The molecule has 6 fully saturated rings. The van der Waals surface area contributed by atoms with E-state index in [1.165, 1.54) is 23.7 Å². The number of carbonyl (C=O) groups is 3. The van der Waals surface area contributed by atoms with Crippen molar-refractivity contribution >= 4 is 29.6 Å². The summed E-state index contributed by atoms with van der Waals surface area (Å²) in [7, 11) is 1.28. The molecule has 7 unspecified atom stereocenters. The molecule has 0 amide bonds. The Kier molecular flexibility index (Phi) is 11.5. The van der Waals surface area contributed by atoms with Crippen LogP contribution in [0.1, 0.15) is 122 Å². The number of nitrogens with two attached hydrogens (primary N) is 1. The second kappa shape index (κ2) is 16.4. The molecule has 4 bridgehead atoms. The zero-order valence-corrected chi connectivity index (χ0v) is 40.2. The summed E-state index contributed by atoms with van der Waals surface area (Å²) in [5.41, 5.74) is 4.16. The van der Waals surface area contributed by atoms with Crippen LogP contribution in [0.25, 0.3) is 6.08 Å². The fraction of sp³-hybridized carbons (Fsp3) is 0.620. The summed E-state index contributed by atoms with van der Waals surface area (Å²) in [5.74, 6) is -4.48. The molecule has 17 heteroatoms. The molecule has 8 aliphatic rings. The molecule has 3 saturated carbocycles. The molecule has 1 spiro atoms. The quantitative estimate of drug-likeness (QED) is 0.140. The van der Waals surface area contributed by atoms with Gasteiger partial charge in [0.05, 0.1) is 36.8 Å². The summed E-state index contributed by atoms with van der Waals surface area (Å²) in [6, 6.07) is -0.945. The molecular formula is C50H64N4O13. The highest BCUT2D eigenvalue weighted by Gasteiger charge is 2.86. The van der Waals surface area contributed by atoms with Gasteiger partial charge in [0.1, 0.15) is 59.2 Å². The molecule has 1 aromatic heterocycles. The van der Waals surface area contributed by atoms with Crippen molar-refractivity contribution in [2.24, 2.45) is 17.8 Å². The lowest BCUT2D eigenvalue weighted by atomic mass is 9.45. The molecule has 362 valence electrons. The zero-order chi connectivity index (χ0) is 48.3. The van der Waals surface area contributed by atoms with Crippen LogP contribution in [0, 0.1) is 17.8 Å². The first kappa shape index (κ1) is 47.2. The van der Waals surface area contributed by atoms with E-state index in [-0.39, 0.29) is 60.2 Å². The lowest BCUT2D eigenvalue weighted by molar-refractivity contribution is -0.373. The van der Waals surface area contributed by atoms with Crippen molar-refractivity contribution in [2.45, 2.75) is 166 Å². The predicted molar refractivity (Wildman–Crippen MR) is 242 cm³/mol. The number of nitrogen functional groups attached to an aromatic ring is 1. The Morgan fingerprint density at radius 3 is 2.40 bits per heavy atom.